The Balaban J connectivity index is 1.63. The normalized spacial score (nSPS) is 18.8. The van der Waals surface area contributed by atoms with Crippen molar-refractivity contribution in [2.24, 2.45) is 9.52 Å². The van der Waals surface area contributed by atoms with Gasteiger partial charge in [0.1, 0.15) is 5.75 Å². The Morgan fingerprint density at radius 2 is 1.71 bits per heavy atom. The average Bonchev–Trinajstić information content (AvgIpc) is 3.30. The highest BCUT2D eigenvalue weighted by atomic mass is 35.5. The molecule has 12 heteroatoms. The molecule has 3 aromatic carbocycles. The highest BCUT2D eigenvalue weighted by Gasteiger charge is 2.62. The Hall–Kier alpha value is -3.08. The molecule has 2 unspecified atom stereocenters. The molecule has 0 aromatic heterocycles. The van der Waals surface area contributed by atoms with Gasteiger partial charge in [0, 0.05) is 38.7 Å². The molecule has 200 valence electrons. The van der Waals surface area contributed by atoms with E-state index < -0.39 is 33.8 Å². The number of ether oxygens (including phenoxy) is 1. The van der Waals surface area contributed by atoms with Gasteiger partial charge in [-0.25, -0.2) is 4.21 Å². The highest BCUT2D eigenvalue weighted by Crippen LogP contribution is 2.49. The van der Waals surface area contributed by atoms with E-state index in [0.29, 0.717) is 21.8 Å². The monoisotopic (exact) mass is 584 g/mol. The molecule has 0 spiro atoms. The van der Waals surface area contributed by atoms with Gasteiger partial charge in [0.2, 0.25) is 0 Å². The zero-order valence-electron chi connectivity index (χ0n) is 20.3. The van der Waals surface area contributed by atoms with Crippen LogP contribution < -0.4 is 4.74 Å². The average molecular weight is 585 g/mol. The molecule has 4 rings (SSSR count). The molecular weight excluding hydrogens is 564 g/mol. The summed E-state index contributed by atoms with van der Waals surface area (Å²) in [6.07, 6.45) is -4.12. The van der Waals surface area contributed by atoms with Crippen LogP contribution in [-0.4, -0.2) is 35.4 Å². The molecule has 3 aromatic rings. The van der Waals surface area contributed by atoms with Crippen molar-refractivity contribution in [1.29, 1.82) is 0 Å². The van der Waals surface area contributed by atoms with Gasteiger partial charge in [-0.15, -0.1) is 0 Å². The summed E-state index contributed by atoms with van der Waals surface area (Å²) in [6.45, 7) is 1.60. The SMILES string of the molecule is COc1ccc(S(C)(=O)=NC(=O)c2ccc(C3=NOC(c4cc(Cl)cc(Cl)c4)(C(F)(F)F)C3)cc2C)cc1. The predicted octanol–water partition coefficient (Wildman–Crippen LogP) is 7.19. The lowest BCUT2D eigenvalue weighted by atomic mass is 9.86. The summed E-state index contributed by atoms with van der Waals surface area (Å²) in [5, 5.41) is 3.79. The fourth-order valence-electron chi connectivity index (χ4n) is 4.02. The molecule has 0 aliphatic carbocycles. The van der Waals surface area contributed by atoms with Crippen molar-refractivity contribution in [3.8, 4) is 5.75 Å². The zero-order chi connectivity index (χ0) is 27.9. The van der Waals surface area contributed by atoms with Crippen LogP contribution in [0.5, 0.6) is 5.75 Å². The van der Waals surface area contributed by atoms with Crippen molar-refractivity contribution >= 4 is 44.5 Å². The molecule has 0 fully saturated rings. The number of carbonyl (C=O) groups is 1. The lowest BCUT2D eigenvalue weighted by molar-refractivity contribution is -0.275. The van der Waals surface area contributed by atoms with Gasteiger partial charge in [-0.1, -0.05) is 34.4 Å². The quantitative estimate of drug-likeness (QED) is 0.318. The molecule has 6 nitrogen and oxygen atoms in total. The molecule has 38 heavy (non-hydrogen) atoms. The van der Waals surface area contributed by atoms with E-state index in [1.807, 2.05) is 0 Å². The van der Waals surface area contributed by atoms with Crippen LogP contribution in [0.3, 0.4) is 0 Å². The maximum Gasteiger partial charge on any atom is 0.435 e. The van der Waals surface area contributed by atoms with E-state index in [2.05, 4.69) is 9.52 Å². The minimum absolute atomic E-state index is 0.0231. The number of rotatable bonds is 5. The molecule has 1 aliphatic heterocycles. The first kappa shape index (κ1) is 27.9. The van der Waals surface area contributed by atoms with Crippen LogP contribution in [0.25, 0.3) is 0 Å². The first-order chi connectivity index (χ1) is 17.8. The minimum atomic E-state index is -4.83. The molecule has 0 N–H and O–H groups in total. The summed E-state index contributed by atoms with van der Waals surface area (Å²) in [5.74, 6) is -0.159. The highest BCUT2D eigenvalue weighted by molar-refractivity contribution is 7.93. The first-order valence-corrected chi connectivity index (χ1v) is 13.7. The maximum atomic E-state index is 14.3. The second-order valence-corrected chi connectivity index (χ2v) is 11.8. The van der Waals surface area contributed by atoms with Crippen molar-refractivity contribution in [2.75, 3.05) is 13.4 Å². The number of nitrogens with zero attached hydrogens (tertiary/aromatic N) is 2. The number of aryl methyl sites for hydroxylation is 1. The summed E-state index contributed by atoms with van der Waals surface area (Å²) in [4.78, 5) is 18.3. The van der Waals surface area contributed by atoms with Gasteiger partial charge in [0.15, 0.2) is 0 Å². The predicted molar refractivity (Wildman–Crippen MR) is 140 cm³/mol. The number of amides is 1. The van der Waals surface area contributed by atoms with Crippen LogP contribution in [0.2, 0.25) is 10.0 Å². The molecular formula is C26H21Cl2F3N2O4S. The van der Waals surface area contributed by atoms with Crippen LogP contribution >= 0.6 is 23.2 Å². The van der Waals surface area contributed by atoms with Gasteiger partial charge in [-0.2, -0.15) is 17.5 Å². The van der Waals surface area contributed by atoms with Crippen LogP contribution in [0.15, 0.2) is 75.1 Å². The summed E-state index contributed by atoms with van der Waals surface area (Å²) in [7, 11) is -1.57. The number of alkyl halides is 3. The van der Waals surface area contributed by atoms with Crippen molar-refractivity contribution in [2.45, 2.75) is 30.0 Å². The number of halogens is 5. The number of methoxy groups -OCH3 is 1. The Morgan fingerprint density at radius 1 is 1.08 bits per heavy atom. The molecule has 0 radical (unpaired) electrons. The fourth-order valence-corrected chi connectivity index (χ4v) is 5.70. The Kier molecular flexibility index (Phi) is 7.53. The molecule has 1 amide bonds. The van der Waals surface area contributed by atoms with Crippen LogP contribution in [0, 0.1) is 6.92 Å². The summed E-state index contributed by atoms with van der Waals surface area (Å²) < 4.78 is 64.9. The Bertz CT molecular complexity index is 1550. The van der Waals surface area contributed by atoms with E-state index in [-0.39, 0.29) is 26.9 Å². The summed E-state index contributed by atoms with van der Waals surface area (Å²) in [5.41, 5.74) is -2.14. The van der Waals surface area contributed by atoms with E-state index in [1.165, 1.54) is 37.6 Å². The molecule has 0 saturated heterocycles. The Labute approximate surface area is 227 Å². The van der Waals surface area contributed by atoms with E-state index in [4.69, 9.17) is 32.8 Å². The molecule has 1 aliphatic rings. The van der Waals surface area contributed by atoms with Crippen molar-refractivity contribution in [3.05, 3.63) is 93.0 Å². The minimum Gasteiger partial charge on any atom is -0.497 e. The molecule has 2 atom stereocenters. The lowest BCUT2D eigenvalue weighted by Crippen LogP contribution is -2.42. The fraction of sp³-hybridized carbons (Fsp3) is 0.231. The van der Waals surface area contributed by atoms with E-state index in [1.54, 1.807) is 31.2 Å². The van der Waals surface area contributed by atoms with Gasteiger partial charge in [0.05, 0.1) is 22.6 Å². The van der Waals surface area contributed by atoms with Crippen molar-refractivity contribution in [3.63, 3.8) is 0 Å². The molecule has 1 heterocycles. The van der Waals surface area contributed by atoms with E-state index >= 15 is 0 Å². The number of hydrogen-bond donors (Lipinski definition) is 0. The number of benzene rings is 3. The molecule has 0 bridgehead atoms. The maximum absolute atomic E-state index is 14.3. The van der Waals surface area contributed by atoms with Crippen molar-refractivity contribution < 1.29 is 31.7 Å². The van der Waals surface area contributed by atoms with Crippen LogP contribution in [0.4, 0.5) is 13.2 Å². The largest absolute Gasteiger partial charge is 0.497 e. The van der Waals surface area contributed by atoms with Crippen LogP contribution in [-0.2, 0) is 20.2 Å². The third kappa shape index (κ3) is 5.39. The standard InChI is InChI=1S/C26H21Cl2F3N2O4S/c1-15-10-16(4-9-22(15)24(34)33-38(3,35)21-7-5-20(36-2)6-8-21)23-14-25(37-32-23,26(29,30)31)17-11-18(27)13-19(28)12-17/h4-13H,14H2,1-3H3. The molecule has 0 saturated carbocycles. The second kappa shape index (κ2) is 10.2. The second-order valence-electron chi connectivity index (χ2n) is 8.69. The first-order valence-electron chi connectivity index (χ1n) is 11.1. The van der Waals surface area contributed by atoms with Gasteiger partial charge in [-0.3, -0.25) is 4.79 Å². The van der Waals surface area contributed by atoms with Crippen molar-refractivity contribution in [1.82, 2.24) is 0 Å². The summed E-state index contributed by atoms with van der Waals surface area (Å²) >= 11 is 11.9. The third-order valence-electron chi connectivity index (χ3n) is 6.06. The lowest BCUT2D eigenvalue weighted by Gasteiger charge is -2.29. The number of hydrogen-bond acceptors (Lipinski definition) is 5. The smallest absolute Gasteiger partial charge is 0.435 e. The van der Waals surface area contributed by atoms with E-state index in [0.717, 1.165) is 12.1 Å². The van der Waals surface area contributed by atoms with Gasteiger partial charge in [0.25, 0.3) is 11.5 Å². The van der Waals surface area contributed by atoms with Crippen LogP contribution in [0.1, 0.15) is 33.5 Å². The van der Waals surface area contributed by atoms with Gasteiger partial charge in [-0.05, 0) is 72.6 Å². The third-order valence-corrected chi connectivity index (χ3v) is 8.16. The van der Waals surface area contributed by atoms with Gasteiger partial charge < -0.3 is 9.57 Å². The van der Waals surface area contributed by atoms with Gasteiger partial charge >= 0.3 is 6.18 Å². The topological polar surface area (TPSA) is 77.3 Å². The number of oxime groups is 1. The number of carbonyl (C=O) groups excluding carboxylic acids is 1. The Morgan fingerprint density at radius 3 is 2.26 bits per heavy atom. The summed E-state index contributed by atoms with van der Waals surface area (Å²) in [6, 6.07) is 14.3. The zero-order valence-corrected chi connectivity index (χ0v) is 22.6. The van der Waals surface area contributed by atoms with E-state index in [9.17, 15) is 22.2 Å².